The summed E-state index contributed by atoms with van der Waals surface area (Å²) in [6, 6.07) is 6.84. The van der Waals surface area contributed by atoms with Crippen molar-refractivity contribution in [3.05, 3.63) is 46.8 Å². The third kappa shape index (κ3) is 2.57. The summed E-state index contributed by atoms with van der Waals surface area (Å²) in [6.45, 7) is 8.49. The quantitative estimate of drug-likeness (QED) is 0.838. The third-order valence-corrected chi connectivity index (χ3v) is 4.62. The average Bonchev–Trinajstić information content (AvgIpc) is 2.97. The predicted molar refractivity (Wildman–Crippen MR) is 86.0 cm³/mol. The summed E-state index contributed by atoms with van der Waals surface area (Å²) in [5.41, 5.74) is 6.55. The Balaban J connectivity index is 2.02. The Morgan fingerprint density at radius 2 is 2.10 bits per heavy atom. The molecule has 1 atom stereocenters. The van der Waals surface area contributed by atoms with Crippen molar-refractivity contribution in [1.29, 1.82) is 0 Å². The van der Waals surface area contributed by atoms with E-state index in [1.165, 1.54) is 35.2 Å². The fourth-order valence-corrected chi connectivity index (χ4v) is 3.51. The van der Waals surface area contributed by atoms with Gasteiger partial charge in [0, 0.05) is 19.0 Å². The fraction of sp³-hybridized carbons (Fsp3) is 0.500. The summed E-state index contributed by atoms with van der Waals surface area (Å²) in [7, 11) is 0. The lowest BCUT2D eigenvalue weighted by Gasteiger charge is -2.27. The molecule has 3 rings (SSSR count). The van der Waals surface area contributed by atoms with Gasteiger partial charge in [-0.3, -0.25) is 0 Å². The molecule has 1 heterocycles. The molecule has 0 fully saturated rings. The lowest BCUT2D eigenvalue weighted by atomic mass is 9.80. The molecule has 0 aliphatic heterocycles. The number of hydrogen-bond acceptors (Lipinski definition) is 3. The van der Waals surface area contributed by atoms with Crippen LogP contribution in [0.5, 0.6) is 0 Å². The molecule has 1 aliphatic rings. The standard InChI is InChI=1S/C18H24N2O/c1-4-20(5-2)17-12-21-19-18(17)16-8-6-7-14-11-13(3)9-10-15(14)16/h9-12,16H,4-8H2,1-3H3. The molecule has 1 unspecified atom stereocenters. The normalized spacial score (nSPS) is 17.6. The Labute approximate surface area is 126 Å². The largest absolute Gasteiger partial charge is 0.368 e. The van der Waals surface area contributed by atoms with Gasteiger partial charge in [-0.1, -0.05) is 28.9 Å². The van der Waals surface area contributed by atoms with Crippen LogP contribution in [-0.4, -0.2) is 18.2 Å². The van der Waals surface area contributed by atoms with Crippen LogP contribution in [0.1, 0.15) is 55.0 Å². The van der Waals surface area contributed by atoms with Gasteiger partial charge in [-0.2, -0.15) is 0 Å². The summed E-state index contributed by atoms with van der Waals surface area (Å²) in [6.07, 6.45) is 5.39. The highest BCUT2D eigenvalue weighted by Crippen LogP contribution is 2.40. The highest BCUT2D eigenvalue weighted by Gasteiger charge is 2.28. The van der Waals surface area contributed by atoms with E-state index in [2.05, 4.69) is 49.0 Å². The van der Waals surface area contributed by atoms with Crippen LogP contribution >= 0.6 is 0 Å². The molecule has 0 saturated carbocycles. The second kappa shape index (κ2) is 5.92. The summed E-state index contributed by atoms with van der Waals surface area (Å²) in [5, 5.41) is 4.36. The fourth-order valence-electron chi connectivity index (χ4n) is 3.51. The van der Waals surface area contributed by atoms with Crippen LogP contribution in [0.4, 0.5) is 5.69 Å². The zero-order chi connectivity index (χ0) is 14.8. The van der Waals surface area contributed by atoms with E-state index in [-0.39, 0.29) is 0 Å². The van der Waals surface area contributed by atoms with Crippen molar-refractivity contribution in [3.8, 4) is 0 Å². The van der Waals surface area contributed by atoms with E-state index < -0.39 is 0 Å². The molecular formula is C18H24N2O. The Bertz CT molecular complexity index is 613. The van der Waals surface area contributed by atoms with Crippen molar-refractivity contribution >= 4 is 5.69 Å². The van der Waals surface area contributed by atoms with Gasteiger partial charge in [0.25, 0.3) is 0 Å². The number of benzene rings is 1. The van der Waals surface area contributed by atoms with E-state index in [0.29, 0.717) is 5.92 Å². The first-order valence-electron chi connectivity index (χ1n) is 8.03. The van der Waals surface area contributed by atoms with E-state index in [0.717, 1.165) is 25.2 Å². The second-order valence-corrected chi connectivity index (χ2v) is 5.90. The predicted octanol–water partition coefficient (Wildman–Crippen LogP) is 4.30. The Kier molecular flexibility index (Phi) is 4.00. The first-order chi connectivity index (χ1) is 10.2. The molecule has 0 spiro atoms. The maximum Gasteiger partial charge on any atom is 0.147 e. The molecule has 1 aromatic carbocycles. The van der Waals surface area contributed by atoms with E-state index in [1.807, 2.05) is 6.26 Å². The van der Waals surface area contributed by atoms with Crippen LogP contribution in [0.15, 0.2) is 29.0 Å². The summed E-state index contributed by atoms with van der Waals surface area (Å²) < 4.78 is 5.33. The van der Waals surface area contributed by atoms with Crippen LogP contribution in [-0.2, 0) is 6.42 Å². The van der Waals surface area contributed by atoms with Gasteiger partial charge in [-0.25, -0.2) is 0 Å². The van der Waals surface area contributed by atoms with E-state index >= 15 is 0 Å². The monoisotopic (exact) mass is 284 g/mol. The van der Waals surface area contributed by atoms with Gasteiger partial charge in [0.05, 0.1) is 0 Å². The van der Waals surface area contributed by atoms with Gasteiger partial charge in [0.2, 0.25) is 0 Å². The van der Waals surface area contributed by atoms with Crippen LogP contribution in [0, 0.1) is 6.92 Å². The van der Waals surface area contributed by atoms with Crippen molar-refractivity contribution < 1.29 is 4.52 Å². The molecule has 1 aliphatic carbocycles. The van der Waals surface area contributed by atoms with Crippen molar-refractivity contribution in [2.75, 3.05) is 18.0 Å². The van der Waals surface area contributed by atoms with Gasteiger partial charge in [-0.05, 0) is 51.2 Å². The molecule has 0 bridgehead atoms. The Hall–Kier alpha value is -1.77. The molecule has 3 nitrogen and oxygen atoms in total. The molecule has 0 amide bonds. The van der Waals surface area contributed by atoms with Crippen LogP contribution in [0.3, 0.4) is 0 Å². The molecule has 21 heavy (non-hydrogen) atoms. The number of anilines is 1. The highest BCUT2D eigenvalue weighted by molar-refractivity contribution is 5.53. The summed E-state index contributed by atoms with van der Waals surface area (Å²) >= 11 is 0. The highest BCUT2D eigenvalue weighted by atomic mass is 16.5. The zero-order valence-corrected chi connectivity index (χ0v) is 13.2. The third-order valence-electron chi connectivity index (χ3n) is 4.62. The van der Waals surface area contributed by atoms with Crippen molar-refractivity contribution in [2.45, 2.75) is 46.0 Å². The number of fused-ring (bicyclic) bond motifs is 1. The molecule has 0 N–H and O–H groups in total. The van der Waals surface area contributed by atoms with Crippen LogP contribution in [0.2, 0.25) is 0 Å². The van der Waals surface area contributed by atoms with Crippen LogP contribution < -0.4 is 4.90 Å². The molecule has 0 saturated heterocycles. The van der Waals surface area contributed by atoms with Crippen molar-refractivity contribution in [1.82, 2.24) is 5.16 Å². The lowest BCUT2D eigenvalue weighted by molar-refractivity contribution is 0.404. The second-order valence-electron chi connectivity index (χ2n) is 5.90. The van der Waals surface area contributed by atoms with Gasteiger partial charge >= 0.3 is 0 Å². The molecule has 112 valence electrons. The van der Waals surface area contributed by atoms with Gasteiger partial charge in [0.15, 0.2) is 0 Å². The zero-order valence-electron chi connectivity index (χ0n) is 13.2. The molecular weight excluding hydrogens is 260 g/mol. The van der Waals surface area contributed by atoms with Crippen LogP contribution in [0.25, 0.3) is 0 Å². The maximum atomic E-state index is 5.33. The first-order valence-corrected chi connectivity index (χ1v) is 8.03. The number of aryl methyl sites for hydroxylation is 2. The van der Waals surface area contributed by atoms with Gasteiger partial charge in [0.1, 0.15) is 17.6 Å². The molecule has 2 aromatic rings. The summed E-state index contributed by atoms with van der Waals surface area (Å²) in [4.78, 5) is 2.33. The van der Waals surface area contributed by atoms with E-state index in [4.69, 9.17) is 4.52 Å². The van der Waals surface area contributed by atoms with Crippen molar-refractivity contribution in [2.24, 2.45) is 0 Å². The number of hydrogen-bond donors (Lipinski definition) is 0. The van der Waals surface area contributed by atoms with Gasteiger partial charge < -0.3 is 9.42 Å². The summed E-state index contributed by atoms with van der Waals surface area (Å²) in [5.74, 6) is 0.378. The Morgan fingerprint density at radius 1 is 1.29 bits per heavy atom. The number of rotatable bonds is 4. The van der Waals surface area contributed by atoms with E-state index in [9.17, 15) is 0 Å². The lowest BCUT2D eigenvalue weighted by Crippen LogP contribution is -2.24. The smallest absolute Gasteiger partial charge is 0.147 e. The van der Waals surface area contributed by atoms with Gasteiger partial charge in [-0.15, -0.1) is 0 Å². The topological polar surface area (TPSA) is 29.3 Å². The minimum Gasteiger partial charge on any atom is -0.368 e. The maximum absolute atomic E-state index is 5.33. The minimum atomic E-state index is 0.378. The molecule has 1 aromatic heterocycles. The Morgan fingerprint density at radius 3 is 2.86 bits per heavy atom. The molecule has 0 radical (unpaired) electrons. The number of aromatic nitrogens is 1. The van der Waals surface area contributed by atoms with E-state index in [1.54, 1.807) is 0 Å². The first kappa shape index (κ1) is 14.2. The number of nitrogens with zero attached hydrogens (tertiary/aromatic N) is 2. The average molecular weight is 284 g/mol. The van der Waals surface area contributed by atoms with Crippen molar-refractivity contribution in [3.63, 3.8) is 0 Å². The molecule has 3 heteroatoms. The SMILES string of the molecule is CCN(CC)c1conc1C1CCCc2cc(C)ccc21. The minimum absolute atomic E-state index is 0.378.